The van der Waals surface area contributed by atoms with Crippen LogP contribution in [0.15, 0.2) is 18.2 Å². The first-order valence-corrected chi connectivity index (χ1v) is 4.95. The second-order valence-corrected chi connectivity index (χ2v) is 3.87. The molecule has 2 rings (SSSR count). The highest BCUT2D eigenvalue weighted by Gasteiger charge is 2.41. The molecule has 1 heterocycles. The third-order valence-electron chi connectivity index (χ3n) is 2.76. The molecule has 1 saturated heterocycles. The standard InChI is InChI=1S/C11H9F2NO3/c12-6-1-5(2-7(13)3-6)8-4-14-10(15)9(8)11(16)17/h1-3,8-9H,4H2,(H,14,15)(H,16,17)/t8-,9?/m1/s1. The maximum absolute atomic E-state index is 13.0. The Labute approximate surface area is 95.2 Å². The van der Waals surface area contributed by atoms with Crippen molar-refractivity contribution in [3.63, 3.8) is 0 Å². The monoisotopic (exact) mass is 241 g/mol. The molecule has 1 aliphatic heterocycles. The lowest BCUT2D eigenvalue weighted by atomic mass is 9.88. The Morgan fingerprint density at radius 2 is 1.88 bits per heavy atom. The highest BCUT2D eigenvalue weighted by atomic mass is 19.1. The number of aliphatic carboxylic acids is 1. The van der Waals surface area contributed by atoms with Crippen LogP contribution in [0.5, 0.6) is 0 Å². The first-order chi connectivity index (χ1) is 7.99. The Morgan fingerprint density at radius 1 is 1.29 bits per heavy atom. The van der Waals surface area contributed by atoms with Gasteiger partial charge in [-0.3, -0.25) is 9.59 Å². The largest absolute Gasteiger partial charge is 0.481 e. The first kappa shape index (κ1) is 11.5. The molecule has 0 spiro atoms. The van der Waals surface area contributed by atoms with Crippen LogP contribution < -0.4 is 5.32 Å². The number of carbonyl (C=O) groups is 2. The van der Waals surface area contributed by atoms with E-state index in [0.29, 0.717) is 6.07 Å². The molecule has 1 aromatic carbocycles. The number of carboxylic acid groups (broad SMARTS) is 1. The summed E-state index contributed by atoms with van der Waals surface area (Å²) in [7, 11) is 0. The lowest BCUT2D eigenvalue weighted by Gasteiger charge is -2.13. The number of carboxylic acids is 1. The Morgan fingerprint density at radius 3 is 2.41 bits per heavy atom. The van der Waals surface area contributed by atoms with Crippen LogP contribution in [0.2, 0.25) is 0 Å². The van der Waals surface area contributed by atoms with Crippen LogP contribution in [-0.2, 0) is 9.59 Å². The highest BCUT2D eigenvalue weighted by molar-refractivity contribution is 5.99. The number of hydrogen-bond donors (Lipinski definition) is 2. The van der Waals surface area contributed by atoms with E-state index in [1.165, 1.54) is 0 Å². The normalized spacial score (nSPS) is 23.5. The number of hydrogen-bond acceptors (Lipinski definition) is 2. The van der Waals surface area contributed by atoms with Crippen LogP contribution in [0.1, 0.15) is 11.5 Å². The fourth-order valence-corrected chi connectivity index (χ4v) is 2.00. The molecule has 2 atom stereocenters. The van der Waals surface area contributed by atoms with E-state index in [-0.39, 0.29) is 12.1 Å². The number of halogens is 2. The molecule has 1 aliphatic rings. The summed E-state index contributed by atoms with van der Waals surface area (Å²) >= 11 is 0. The quantitative estimate of drug-likeness (QED) is 0.755. The Balaban J connectivity index is 2.39. The molecule has 1 unspecified atom stereocenters. The Kier molecular flexibility index (Phi) is 2.79. The van der Waals surface area contributed by atoms with E-state index >= 15 is 0 Å². The Hall–Kier alpha value is -1.98. The van der Waals surface area contributed by atoms with E-state index in [1.807, 2.05) is 0 Å². The van der Waals surface area contributed by atoms with Gasteiger partial charge in [-0.1, -0.05) is 0 Å². The second kappa shape index (κ2) is 4.12. The third-order valence-corrected chi connectivity index (χ3v) is 2.76. The lowest BCUT2D eigenvalue weighted by molar-refractivity contribution is -0.145. The van der Waals surface area contributed by atoms with Gasteiger partial charge in [-0.2, -0.15) is 0 Å². The van der Waals surface area contributed by atoms with Crippen LogP contribution >= 0.6 is 0 Å². The van der Waals surface area contributed by atoms with Crippen molar-refractivity contribution in [1.82, 2.24) is 5.32 Å². The number of nitrogens with one attached hydrogen (secondary N) is 1. The average molecular weight is 241 g/mol. The third kappa shape index (κ3) is 2.11. The van der Waals surface area contributed by atoms with Crippen molar-refractivity contribution in [3.05, 3.63) is 35.4 Å². The van der Waals surface area contributed by atoms with Gasteiger partial charge < -0.3 is 10.4 Å². The van der Waals surface area contributed by atoms with Crippen LogP contribution in [0, 0.1) is 17.6 Å². The lowest BCUT2D eigenvalue weighted by Crippen LogP contribution is -2.26. The molecule has 90 valence electrons. The van der Waals surface area contributed by atoms with E-state index in [4.69, 9.17) is 5.11 Å². The SMILES string of the molecule is O=C(O)C1C(=O)NC[C@@H]1c1cc(F)cc(F)c1. The molecule has 0 aromatic heterocycles. The summed E-state index contributed by atoms with van der Waals surface area (Å²) in [6.45, 7) is 0.0681. The number of rotatable bonds is 2. The van der Waals surface area contributed by atoms with E-state index in [2.05, 4.69) is 5.32 Å². The maximum Gasteiger partial charge on any atom is 0.316 e. The predicted molar refractivity (Wildman–Crippen MR) is 53.2 cm³/mol. The zero-order valence-corrected chi connectivity index (χ0v) is 8.61. The van der Waals surface area contributed by atoms with Crippen molar-refractivity contribution >= 4 is 11.9 Å². The summed E-state index contributed by atoms with van der Waals surface area (Å²) in [5.74, 6) is -5.55. The molecular formula is C11H9F2NO3. The minimum atomic E-state index is -1.30. The van der Waals surface area contributed by atoms with Crippen molar-refractivity contribution < 1.29 is 23.5 Å². The van der Waals surface area contributed by atoms with Crippen LogP contribution in [-0.4, -0.2) is 23.5 Å². The molecule has 0 aliphatic carbocycles. The summed E-state index contributed by atoms with van der Waals surface area (Å²) in [4.78, 5) is 22.2. The molecule has 0 radical (unpaired) electrons. The van der Waals surface area contributed by atoms with Crippen LogP contribution in [0.25, 0.3) is 0 Å². The molecule has 1 fully saturated rings. The van der Waals surface area contributed by atoms with Gasteiger partial charge in [-0.15, -0.1) is 0 Å². The van der Waals surface area contributed by atoms with Gasteiger partial charge in [0, 0.05) is 18.5 Å². The van der Waals surface area contributed by atoms with Crippen LogP contribution in [0.4, 0.5) is 8.78 Å². The zero-order chi connectivity index (χ0) is 12.6. The van der Waals surface area contributed by atoms with E-state index < -0.39 is 35.3 Å². The molecule has 2 N–H and O–H groups in total. The fraction of sp³-hybridized carbons (Fsp3) is 0.273. The molecule has 0 bridgehead atoms. The number of benzene rings is 1. The molecular weight excluding hydrogens is 232 g/mol. The summed E-state index contributed by atoms with van der Waals surface area (Å²) in [5.41, 5.74) is 0.174. The molecule has 4 nitrogen and oxygen atoms in total. The van der Waals surface area contributed by atoms with Gasteiger partial charge in [-0.25, -0.2) is 8.78 Å². The van der Waals surface area contributed by atoms with Gasteiger partial charge in [0.1, 0.15) is 17.6 Å². The number of amides is 1. The summed E-state index contributed by atoms with van der Waals surface area (Å²) in [6.07, 6.45) is 0. The summed E-state index contributed by atoms with van der Waals surface area (Å²) in [6, 6.07) is 2.79. The molecule has 6 heteroatoms. The molecule has 0 saturated carbocycles. The smallest absolute Gasteiger partial charge is 0.316 e. The molecule has 17 heavy (non-hydrogen) atoms. The van der Waals surface area contributed by atoms with E-state index in [9.17, 15) is 18.4 Å². The van der Waals surface area contributed by atoms with Gasteiger partial charge in [-0.05, 0) is 17.7 Å². The molecule has 1 amide bonds. The van der Waals surface area contributed by atoms with Gasteiger partial charge in [0.25, 0.3) is 0 Å². The zero-order valence-electron chi connectivity index (χ0n) is 8.61. The van der Waals surface area contributed by atoms with Crippen molar-refractivity contribution in [2.75, 3.05) is 6.54 Å². The minimum Gasteiger partial charge on any atom is -0.481 e. The van der Waals surface area contributed by atoms with Gasteiger partial charge >= 0.3 is 5.97 Å². The van der Waals surface area contributed by atoms with Crippen molar-refractivity contribution in [3.8, 4) is 0 Å². The van der Waals surface area contributed by atoms with E-state index in [1.54, 1.807) is 0 Å². The topological polar surface area (TPSA) is 66.4 Å². The van der Waals surface area contributed by atoms with Gasteiger partial charge in [0.05, 0.1) is 0 Å². The van der Waals surface area contributed by atoms with Crippen molar-refractivity contribution in [1.29, 1.82) is 0 Å². The fourth-order valence-electron chi connectivity index (χ4n) is 2.00. The maximum atomic E-state index is 13.0. The highest BCUT2D eigenvalue weighted by Crippen LogP contribution is 2.30. The second-order valence-electron chi connectivity index (χ2n) is 3.87. The van der Waals surface area contributed by atoms with Gasteiger partial charge in [0.2, 0.25) is 5.91 Å². The van der Waals surface area contributed by atoms with E-state index in [0.717, 1.165) is 12.1 Å². The van der Waals surface area contributed by atoms with Crippen molar-refractivity contribution in [2.24, 2.45) is 5.92 Å². The Bertz CT molecular complexity index is 469. The van der Waals surface area contributed by atoms with Gasteiger partial charge in [0.15, 0.2) is 0 Å². The van der Waals surface area contributed by atoms with Crippen molar-refractivity contribution in [2.45, 2.75) is 5.92 Å². The first-order valence-electron chi connectivity index (χ1n) is 4.95. The number of carbonyl (C=O) groups excluding carboxylic acids is 1. The summed E-state index contributed by atoms with van der Waals surface area (Å²) < 4.78 is 26.0. The minimum absolute atomic E-state index is 0.0681. The average Bonchev–Trinajstić information content (AvgIpc) is 2.58. The summed E-state index contributed by atoms with van der Waals surface area (Å²) in [5, 5.41) is 11.3. The molecule has 1 aromatic rings. The predicted octanol–water partition coefficient (Wildman–Crippen LogP) is 0.879. The van der Waals surface area contributed by atoms with Crippen LogP contribution in [0.3, 0.4) is 0 Å².